The van der Waals surface area contributed by atoms with E-state index < -0.39 is 11.9 Å². The second-order valence-electron chi connectivity index (χ2n) is 7.85. The van der Waals surface area contributed by atoms with Gasteiger partial charge < -0.3 is 23.4 Å². The Morgan fingerprint density at radius 2 is 1.62 bits per heavy atom. The summed E-state index contributed by atoms with van der Waals surface area (Å²) < 4.78 is 28.2. The van der Waals surface area contributed by atoms with Gasteiger partial charge in [-0.15, -0.1) is 0 Å². The summed E-state index contributed by atoms with van der Waals surface area (Å²) >= 11 is 0. The molecule has 0 aliphatic carbocycles. The molecular weight excluding hydrogens is 436 g/mol. The molecule has 0 spiro atoms. The van der Waals surface area contributed by atoms with Crippen molar-refractivity contribution in [2.75, 3.05) is 21.3 Å². The van der Waals surface area contributed by atoms with Crippen molar-refractivity contribution in [3.05, 3.63) is 82.2 Å². The van der Waals surface area contributed by atoms with E-state index in [-0.39, 0.29) is 11.8 Å². The van der Waals surface area contributed by atoms with Crippen LogP contribution in [0.5, 0.6) is 23.0 Å². The SMILES string of the molecule is COc1ccc(C2CC(=O)Oc3ccc4c(=O)c(-c5ccccc5)coc4c32)c(OC)c1OC. The summed E-state index contributed by atoms with van der Waals surface area (Å²) in [5.74, 6) is 0.820. The first-order valence-corrected chi connectivity index (χ1v) is 10.7. The van der Waals surface area contributed by atoms with Crippen LogP contribution in [0.4, 0.5) is 0 Å². The maximum absolute atomic E-state index is 13.4. The lowest BCUT2D eigenvalue weighted by molar-refractivity contribution is -0.135. The zero-order valence-electron chi connectivity index (χ0n) is 18.9. The van der Waals surface area contributed by atoms with Gasteiger partial charge in [0.05, 0.1) is 38.7 Å². The number of carbonyl (C=O) groups excluding carboxylic acids is 1. The van der Waals surface area contributed by atoms with Gasteiger partial charge in [-0.05, 0) is 23.8 Å². The molecule has 1 atom stereocenters. The maximum Gasteiger partial charge on any atom is 0.312 e. The van der Waals surface area contributed by atoms with Crippen molar-refractivity contribution in [2.24, 2.45) is 0 Å². The van der Waals surface area contributed by atoms with Crippen LogP contribution in [0.25, 0.3) is 22.1 Å². The molecule has 0 amide bonds. The van der Waals surface area contributed by atoms with E-state index in [1.807, 2.05) is 36.4 Å². The molecule has 3 aromatic carbocycles. The van der Waals surface area contributed by atoms with Crippen LogP contribution < -0.4 is 24.4 Å². The van der Waals surface area contributed by atoms with Gasteiger partial charge in [-0.3, -0.25) is 9.59 Å². The van der Waals surface area contributed by atoms with Gasteiger partial charge in [-0.2, -0.15) is 0 Å². The van der Waals surface area contributed by atoms with Crippen molar-refractivity contribution < 1.29 is 28.2 Å². The molecule has 0 saturated carbocycles. The molecule has 1 aliphatic heterocycles. The third kappa shape index (κ3) is 3.37. The van der Waals surface area contributed by atoms with Crippen LogP contribution in [-0.4, -0.2) is 27.3 Å². The smallest absolute Gasteiger partial charge is 0.312 e. The van der Waals surface area contributed by atoms with Crippen LogP contribution in [0, 0.1) is 0 Å². The minimum atomic E-state index is -0.486. The largest absolute Gasteiger partial charge is 0.493 e. The molecule has 0 saturated heterocycles. The fourth-order valence-corrected chi connectivity index (χ4v) is 4.54. The molecule has 34 heavy (non-hydrogen) atoms. The molecule has 7 heteroatoms. The summed E-state index contributed by atoms with van der Waals surface area (Å²) in [4.78, 5) is 25.9. The van der Waals surface area contributed by atoms with Gasteiger partial charge in [0.2, 0.25) is 11.2 Å². The predicted octanol–water partition coefficient (Wildman–Crippen LogP) is 4.93. The van der Waals surface area contributed by atoms with Gasteiger partial charge in [-0.25, -0.2) is 0 Å². The molecule has 1 aliphatic rings. The van der Waals surface area contributed by atoms with E-state index in [2.05, 4.69) is 0 Å². The molecule has 172 valence electrons. The Balaban J connectivity index is 1.76. The fraction of sp³-hybridized carbons (Fsp3) is 0.185. The van der Waals surface area contributed by atoms with Crippen LogP contribution in [0.2, 0.25) is 0 Å². The predicted molar refractivity (Wildman–Crippen MR) is 126 cm³/mol. The first-order chi connectivity index (χ1) is 16.6. The van der Waals surface area contributed by atoms with E-state index in [4.69, 9.17) is 23.4 Å². The van der Waals surface area contributed by atoms with Crippen molar-refractivity contribution in [2.45, 2.75) is 12.3 Å². The molecule has 0 bridgehead atoms. The first kappa shape index (κ1) is 21.6. The number of benzene rings is 3. The third-order valence-electron chi connectivity index (χ3n) is 6.08. The van der Waals surface area contributed by atoms with Crippen LogP contribution in [-0.2, 0) is 4.79 Å². The van der Waals surface area contributed by atoms with Crippen LogP contribution in [0.1, 0.15) is 23.5 Å². The number of carbonyl (C=O) groups is 1. The lowest BCUT2D eigenvalue weighted by Crippen LogP contribution is -2.22. The average molecular weight is 458 g/mol. The summed E-state index contributed by atoms with van der Waals surface area (Å²) in [6.45, 7) is 0. The summed E-state index contributed by atoms with van der Waals surface area (Å²) in [6.07, 6.45) is 1.50. The number of ether oxygens (including phenoxy) is 4. The molecule has 7 nitrogen and oxygen atoms in total. The Labute approximate surface area is 195 Å². The molecule has 4 aromatic rings. The summed E-state index contributed by atoms with van der Waals surface area (Å²) in [5, 5.41) is 0.405. The number of rotatable bonds is 5. The highest BCUT2D eigenvalue weighted by Gasteiger charge is 2.35. The summed E-state index contributed by atoms with van der Waals surface area (Å²) in [7, 11) is 4.59. The van der Waals surface area contributed by atoms with Crippen LogP contribution in [0.15, 0.2) is 70.1 Å². The Bertz CT molecular complexity index is 1450. The molecule has 2 heterocycles. The Hall–Kier alpha value is -4.26. The highest BCUT2D eigenvalue weighted by Crippen LogP contribution is 2.49. The number of hydrogen-bond acceptors (Lipinski definition) is 7. The number of esters is 1. The zero-order chi connectivity index (χ0) is 23.8. The van der Waals surface area contributed by atoms with Crippen molar-refractivity contribution in [3.63, 3.8) is 0 Å². The Morgan fingerprint density at radius 1 is 0.853 bits per heavy atom. The van der Waals surface area contributed by atoms with Gasteiger partial charge in [0, 0.05) is 17.0 Å². The molecule has 0 fully saturated rings. The van der Waals surface area contributed by atoms with Gasteiger partial charge in [0.1, 0.15) is 17.6 Å². The minimum absolute atomic E-state index is 0.0438. The fourth-order valence-electron chi connectivity index (χ4n) is 4.54. The zero-order valence-corrected chi connectivity index (χ0v) is 18.9. The van der Waals surface area contributed by atoms with E-state index in [1.54, 1.807) is 18.2 Å². The lowest BCUT2D eigenvalue weighted by Gasteiger charge is -2.27. The number of fused-ring (bicyclic) bond motifs is 3. The standard InChI is InChI=1S/C27H22O7/c1-30-21-12-9-16(26(31-2)27(21)32-3)18-13-22(28)34-20-11-10-17-24(29)19(14-33-25(17)23(18)20)15-7-5-4-6-8-15/h4-12,14,18H,13H2,1-3H3. The highest BCUT2D eigenvalue weighted by molar-refractivity contribution is 5.90. The minimum Gasteiger partial charge on any atom is -0.493 e. The molecule has 5 rings (SSSR count). The van der Waals surface area contributed by atoms with Gasteiger partial charge in [0.25, 0.3) is 0 Å². The monoisotopic (exact) mass is 458 g/mol. The Morgan fingerprint density at radius 3 is 2.32 bits per heavy atom. The second-order valence-corrected chi connectivity index (χ2v) is 7.85. The van der Waals surface area contributed by atoms with Gasteiger partial charge >= 0.3 is 5.97 Å². The van der Waals surface area contributed by atoms with Crippen molar-refractivity contribution in [3.8, 4) is 34.1 Å². The maximum atomic E-state index is 13.4. The Kier molecular flexibility index (Phi) is 5.45. The van der Waals surface area contributed by atoms with Crippen molar-refractivity contribution >= 4 is 16.9 Å². The van der Waals surface area contributed by atoms with Crippen molar-refractivity contribution in [1.29, 1.82) is 0 Å². The second kappa shape index (κ2) is 8.59. The van der Waals surface area contributed by atoms with E-state index >= 15 is 0 Å². The molecule has 0 radical (unpaired) electrons. The quantitative estimate of drug-likeness (QED) is 0.310. The first-order valence-electron chi connectivity index (χ1n) is 10.7. The summed E-state index contributed by atoms with van der Waals surface area (Å²) in [6, 6.07) is 16.2. The van der Waals surface area contributed by atoms with Crippen LogP contribution in [0.3, 0.4) is 0 Å². The topological polar surface area (TPSA) is 84.2 Å². The van der Waals surface area contributed by atoms with Crippen molar-refractivity contribution in [1.82, 2.24) is 0 Å². The average Bonchev–Trinajstić information content (AvgIpc) is 2.87. The molecule has 1 unspecified atom stereocenters. The molecule has 1 aromatic heterocycles. The molecule has 0 N–H and O–H groups in total. The third-order valence-corrected chi connectivity index (χ3v) is 6.08. The highest BCUT2D eigenvalue weighted by atomic mass is 16.5. The van der Waals surface area contributed by atoms with E-state index in [9.17, 15) is 9.59 Å². The normalized spacial score (nSPS) is 14.9. The van der Waals surface area contributed by atoms with E-state index in [0.29, 0.717) is 50.7 Å². The lowest BCUT2D eigenvalue weighted by atomic mass is 9.84. The van der Waals surface area contributed by atoms with Gasteiger partial charge in [0.15, 0.2) is 11.5 Å². The number of methoxy groups -OCH3 is 3. The van der Waals surface area contributed by atoms with E-state index in [0.717, 1.165) is 5.56 Å². The summed E-state index contributed by atoms with van der Waals surface area (Å²) in [5.41, 5.74) is 2.74. The van der Waals surface area contributed by atoms with E-state index in [1.165, 1.54) is 27.6 Å². The number of hydrogen-bond donors (Lipinski definition) is 0. The van der Waals surface area contributed by atoms with Gasteiger partial charge in [-0.1, -0.05) is 36.4 Å². The van der Waals surface area contributed by atoms with Crippen LogP contribution >= 0.6 is 0 Å². The molecular formula is C27H22O7.